The van der Waals surface area contributed by atoms with Crippen molar-refractivity contribution in [3.8, 4) is 0 Å². The normalized spacial score (nSPS) is 19.7. The molecule has 1 amide bonds. The minimum absolute atomic E-state index is 0.0142. The van der Waals surface area contributed by atoms with Gasteiger partial charge in [-0.1, -0.05) is 78.7 Å². The van der Waals surface area contributed by atoms with E-state index in [-0.39, 0.29) is 17.6 Å². The molecule has 0 spiro atoms. The lowest BCUT2D eigenvalue weighted by Crippen LogP contribution is -2.38. The molecule has 172 valence electrons. The number of para-hydroxylation sites is 2. The van der Waals surface area contributed by atoms with Crippen LogP contribution < -0.4 is 10.2 Å². The molecule has 4 nitrogen and oxygen atoms in total. The Bertz CT molecular complexity index is 1300. The lowest BCUT2D eigenvalue weighted by atomic mass is 9.78. The number of rotatable bonds is 3. The van der Waals surface area contributed by atoms with Gasteiger partial charge in [0.1, 0.15) is 0 Å². The number of allylic oxidation sites excluding steroid dienone is 1. The topological polar surface area (TPSA) is 49.4 Å². The smallest absolute Gasteiger partial charge is 0.227 e. The highest BCUT2D eigenvalue weighted by Gasteiger charge is 2.41. The molecule has 0 saturated heterocycles. The maximum atomic E-state index is 13.8. The van der Waals surface area contributed by atoms with E-state index in [4.69, 9.17) is 23.2 Å². The van der Waals surface area contributed by atoms with E-state index in [0.717, 1.165) is 22.6 Å². The van der Waals surface area contributed by atoms with Crippen molar-refractivity contribution in [2.75, 3.05) is 10.2 Å². The fourth-order valence-electron chi connectivity index (χ4n) is 5.01. The average molecular weight is 491 g/mol. The Morgan fingerprint density at radius 1 is 1.00 bits per heavy atom. The number of carbonyl (C=O) groups excluding carboxylic acids is 2. The third-order valence-electron chi connectivity index (χ3n) is 6.59. The van der Waals surface area contributed by atoms with Crippen LogP contribution in [0.3, 0.4) is 0 Å². The summed E-state index contributed by atoms with van der Waals surface area (Å²) in [6.07, 6.45) is 1.32. The molecule has 2 atom stereocenters. The number of benzene rings is 3. The molecule has 0 aromatic heterocycles. The van der Waals surface area contributed by atoms with E-state index in [1.54, 1.807) is 17.0 Å². The van der Waals surface area contributed by atoms with E-state index in [0.29, 0.717) is 40.4 Å². The number of nitrogens with one attached hydrogen (secondary N) is 1. The second-order valence-electron chi connectivity index (χ2n) is 8.66. The van der Waals surface area contributed by atoms with Crippen LogP contribution in [0.15, 0.2) is 84.1 Å². The molecule has 5 rings (SSSR count). The van der Waals surface area contributed by atoms with Crippen LogP contribution in [0.5, 0.6) is 0 Å². The predicted octanol–water partition coefficient (Wildman–Crippen LogP) is 7.30. The molecule has 34 heavy (non-hydrogen) atoms. The largest absolute Gasteiger partial charge is 0.357 e. The zero-order valence-electron chi connectivity index (χ0n) is 18.7. The summed E-state index contributed by atoms with van der Waals surface area (Å²) in [4.78, 5) is 29.0. The van der Waals surface area contributed by atoms with Gasteiger partial charge in [-0.3, -0.25) is 14.5 Å². The van der Waals surface area contributed by atoms with Crippen molar-refractivity contribution in [1.29, 1.82) is 0 Å². The number of anilines is 2. The number of ketones is 1. The van der Waals surface area contributed by atoms with Gasteiger partial charge in [-0.25, -0.2) is 0 Å². The number of fused-ring (bicyclic) bond motifs is 1. The quantitative estimate of drug-likeness (QED) is 0.418. The Morgan fingerprint density at radius 3 is 2.47 bits per heavy atom. The first-order chi connectivity index (χ1) is 16.5. The number of Topliss-reactive ketones (excluding diaryl/α,β-unsaturated/α-hetero) is 1. The van der Waals surface area contributed by atoms with E-state index in [1.165, 1.54) is 0 Å². The zero-order chi connectivity index (χ0) is 23.8. The van der Waals surface area contributed by atoms with Crippen LogP contribution in [0.2, 0.25) is 10.0 Å². The summed E-state index contributed by atoms with van der Waals surface area (Å²) in [5.74, 6) is -0.0146. The summed E-state index contributed by atoms with van der Waals surface area (Å²) in [7, 11) is 0. The first-order valence-corrected chi connectivity index (χ1v) is 12.2. The lowest BCUT2D eigenvalue weighted by Gasteiger charge is -2.35. The van der Waals surface area contributed by atoms with Gasteiger partial charge in [0.25, 0.3) is 0 Å². The molecule has 0 bridgehead atoms. The first-order valence-electron chi connectivity index (χ1n) is 11.4. The van der Waals surface area contributed by atoms with Gasteiger partial charge in [0, 0.05) is 34.2 Å². The summed E-state index contributed by atoms with van der Waals surface area (Å²) >= 11 is 12.9. The molecular weight excluding hydrogens is 467 g/mol. The van der Waals surface area contributed by atoms with Crippen LogP contribution in [0, 0.1) is 0 Å². The van der Waals surface area contributed by atoms with Crippen molar-refractivity contribution in [1.82, 2.24) is 0 Å². The summed E-state index contributed by atoms with van der Waals surface area (Å²) in [5.41, 5.74) is 4.76. The van der Waals surface area contributed by atoms with Crippen LogP contribution in [-0.4, -0.2) is 11.7 Å². The van der Waals surface area contributed by atoms with Crippen LogP contribution in [0.4, 0.5) is 11.4 Å². The zero-order valence-corrected chi connectivity index (χ0v) is 20.2. The fraction of sp³-hybridized carbons (Fsp3) is 0.214. The van der Waals surface area contributed by atoms with E-state index >= 15 is 0 Å². The van der Waals surface area contributed by atoms with Crippen molar-refractivity contribution < 1.29 is 9.59 Å². The van der Waals surface area contributed by atoms with E-state index < -0.39 is 6.04 Å². The molecule has 1 aliphatic carbocycles. The van der Waals surface area contributed by atoms with Gasteiger partial charge < -0.3 is 5.32 Å². The molecule has 2 aliphatic rings. The molecule has 1 heterocycles. The van der Waals surface area contributed by atoms with Crippen LogP contribution >= 0.6 is 23.2 Å². The molecule has 0 radical (unpaired) electrons. The summed E-state index contributed by atoms with van der Waals surface area (Å²) in [5, 5.41) is 4.46. The number of amides is 1. The van der Waals surface area contributed by atoms with Gasteiger partial charge in [0.05, 0.1) is 17.4 Å². The molecule has 0 saturated carbocycles. The van der Waals surface area contributed by atoms with Gasteiger partial charge in [0.2, 0.25) is 5.91 Å². The van der Waals surface area contributed by atoms with Gasteiger partial charge >= 0.3 is 0 Å². The standard InChI is InChI=1S/C28H24Cl2N2O2/c1-2-26(34)32-24-11-7-6-10-22(24)31-23-14-18(17-8-4-3-5-9-17)15-25(33)27(23)28(32)20-13-12-19(29)16-21(20)30/h3-13,16,18,28,31H,2,14-15H2,1H3. The third-order valence-corrected chi connectivity index (χ3v) is 7.15. The maximum absolute atomic E-state index is 13.8. The Hall–Kier alpha value is -3.08. The van der Waals surface area contributed by atoms with Crippen molar-refractivity contribution in [3.05, 3.63) is 105 Å². The summed E-state index contributed by atoms with van der Waals surface area (Å²) in [6, 6.07) is 22.4. The van der Waals surface area contributed by atoms with Gasteiger partial charge in [-0.15, -0.1) is 0 Å². The summed E-state index contributed by atoms with van der Waals surface area (Å²) < 4.78 is 0. The predicted molar refractivity (Wildman–Crippen MR) is 137 cm³/mol. The third kappa shape index (κ3) is 4.02. The Kier molecular flexibility index (Phi) is 6.20. The SMILES string of the molecule is CCC(=O)N1c2ccccc2NC2=C(C(=O)CC(c3ccccc3)C2)C1c1ccc(Cl)cc1Cl. The minimum Gasteiger partial charge on any atom is -0.357 e. The maximum Gasteiger partial charge on any atom is 0.227 e. The molecule has 1 N–H and O–H groups in total. The molecule has 0 fully saturated rings. The van der Waals surface area contributed by atoms with Gasteiger partial charge in [-0.05, 0) is 47.7 Å². The average Bonchev–Trinajstić information content (AvgIpc) is 2.98. The lowest BCUT2D eigenvalue weighted by molar-refractivity contribution is -0.119. The number of halogens is 2. The van der Waals surface area contributed by atoms with Crippen molar-refractivity contribution in [2.24, 2.45) is 0 Å². The number of carbonyl (C=O) groups is 2. The molecule has 6 heteroatoms. The van der Waals surface area contributed by atoms with E-state index in [2.05, 4.69) is 17.4 Å². The Morgan fingerprint density at radius 2 is 1.74 bits per heavy atom. The van der Waals surface area contributed by atoms with Crippen LogP contribution in [0.25, 0.3) is 0 Å². The van der Waals surface area contributed by atoms with E-state index in [1.807, 2.05) is 55.5 Å². The monoisotopic (exact) mass is 490 g/mol. The summed E-state index contributed by atoms with van der Waals surface area (Å²) in [6.45, 7) is 1.83. The second-order valence-corrected chi connectivity index (χ2v) is 9.50. The second kappa shape index (κ2) is 9.28. The van der Waals surface area contributed by atoms with Crippen LogP contribution in [-0.2, 0) is 9.59 Å². The first kappa shape index (κ1) is 22.7. The van der Waals surface area contributed by atoms with Gasteiger partial charge in [0.15, 0.2) is 5.78 Å². The highest BCUT2D eigenvalue weighted by atomic mass is 35.5. The highest BCUT2D eigenvalue weighted by molar-refractivity contribution is 6.35. The number of hydrogen-bond acceptors (Lipinski definition) is 3. The minimum atomic E-state index is -0.646. The number of hydrogen-bond donors (Lipinski definition) is 1. The Labute approximate surface area is 209 Å². The molecule has 1 aliphatic heterocycles. The highest BCUT2D eigenvalue weighted by Crippen LogP contribution is 2.48. The fourth-order valence-corrected chi connectivity index (χ4v) is 5.53. The molecular formula is C28H24Cl2N2O2. The van der Waals surface area contributed by atoms with Gasteiger partial charge in [-0.2, -0.15) is 0 Å². The molecule has 3 aromatic carbocycles. The van der Waals surface area contributed by atoms with Crippen molar-refractivity contribution in [2.45, 2.75) is 38.1 Å². The molecule has 2 unspecified atom stereocenters. The van der Waals surface area contributed by atoms with Crippen molar-refractivity contribution in [3.63, 3.8) is 0 Å². The number of nitrogens with zero attached hydrogens (tertiary/aromatic N) is 1. The van der Waals surface area contributed by atoms with Crippen LogP contribution in [0.1, 0.15) is 49.3 Å². The Balaban J connectivity index is 1.74. The van der Waals surface area contributed by atoms with E-state index in [9.17, 15) is 9.59 Å². The molecule has 3 aromatic rings. The van der Waals surface area contributed by atoms with Crippen molar-refractivity contribution >= 4 is 46.3 Å².